The number of hydrogen-bond acceptors (Lipinski definition) is 4. The van der Waals surface area contributed by atoms with E-state index in [1.165, 1.54) is 0 Å². The summed E-state index contributed by atoms with van der Waals surface area (Å²) in [5.74, 6) is 0.645. The van der Waals surface area contributed by atoms with Gasteiger partial charge in [0.15, 0.2) is 16.3 Å². The minimum atomic E-state index is 0.315. The van der Waals surface area contributed by atoms with Gasteiger partial charge >= 0.3 is 0 Å². The maximum Gasteiger partial charge on any atom is 0.183 e. The van der Waals surface area contributed by atoms with Crippen molar-refractivity contribution in [1.29, 1.82) is 0 Å². The smallest absolute Gasteiger partial charge is 0.183 e. The van der Waals surface area contributed by atoms with E-state index in [-0.39, 0.29) is 0 Å². The number of fused-ring (bicyclic) bond motifs is 1. The van der Waals surface area contributed by atoms with Gasteiger partial charge in [0.25, 0.3) is 0 Å². The number of hydrogen-bond donors (Lipinski definition) is 0. The van der Waals surface area contributed by atoms with Crippen LogP contribution in [0.15, 0.2) is 0 Å². The average molecular weight is 240 g/mol. The number of aryl methyl sites for hydroxylation is 1. The second-order valence-electron chi connectivity index (χ2n) is 3.74. The molecule has 0 aliphatic rings. The third kappa shape index (κ3) is 1.75. The Hall–Kier alpha value is -1.23. The molecule has 0 saturated heterocycles. The van der Waals surface area contributed by atoms with Crippen LogP contribution in [0.5, 0.6) is 0 Å². The van der Waals surface area contributed by atoms with E-state index < -0.39 is 0 Å². The van der Waals surface area contributed by atoms with Crippen LogP contribution in [0.3, 0.4) is 0 Å². The third-order valence-electron chi connectivity index (χ3n) is 2.68. The fourth-order valence-corrected chi connectivity index (χ4v) is 2.02. The Bertz CT molecular complexity index is 503. The summed E-state index contributed by atoms with van der Waals surface area (Å²) in [6.07, 6.45) is 1.99. The number of nitrogens with zero attached hydrogens (tertiary/aromatic N) is 5. The summed E-state index contributed by atoms with van der Waals surface area (Å²) >= 11 is 6.00. The molecule has 2 aromatic heterocycles. The maximum absolute atomic E-state index is 6.00. The zero-order chi connectivity index (χ0) is 11.7. The zero-order valence-corrected chi connectivity index (χ0v) is 10.4. The molecule has 0 saturated carbocycles. The Labute approximate surface area is 98.8 Å². The first kappa shape index (κ1) is 11.3. The third-order valence-corrected chi connectivity index (χ3v) is 2.94. The molecule has 0 fully saturated rings. The first-order chi connectivity index (χ1) is 7.67. The summed E-state index contributed by atoms with van der Waals surface area (Å²) in [5.41, 5.74) is 1.31. The molecule has 0 bridgehead atoms. The van der Waals surface area contributed by atoms with E-state index in [1.54, 1.807) is 0 Å². The summed E-state index contributed by atoms with van der Waals surface area (Å²) in [7, 11) is 0. The van der Waals surface area contributed by atoms with Crippen molar-refractivity contribution in [2.24, 2.45) is 0 Å². The van der Waals surface area contributed by atoms with Crippen LogP contribution in [0.1, 0.15) is 38.6 Å². The summed E-state index contributed by atoms with van der Waals surface area (Å²) in [5, 5.41) is 8.53. The van der Waals surface area contributed by atoms with Crippen LogP contribution >= 0.6 is 11.6 Å². The van der Waals surface area contributed by atoms with E-state index in [1.807, 2.05) is 11.6 Å². The summed E-state index contributed by atoms with van der Waals surface area (Å²) in [6.45, 7) is 6.06. The molecule has 0 atom stereocenters. The van der Waals surface area contributed by atoms with Gasteiger partial charge < -0.3 is 0 Å². The van der Waals surface area contributed by atoms with E-state index in [0.29, 0.717) is 22.5 Å². The second kappa shape index (κ2) is 4.33. The number of halogens is 1. The molecule has 86 valence electrons. The Balaban J connectivity index is 2.63. The molecule has 0 unspecified atom stereocenters. The van der Waals surface area contributed by atoms with Gasteiger partial charge in [0.2, 0.25) is 0 Å². The lowest BCUT2D eigenvalue weighted by atomic mass is 10.2. The molecule has 2 heterocycles. The van der Waals surface area contributed by atoms with Gasteiger partial charge in [-0.05, 0) is 19.8 Å². The molecule has 6 heteroatoms. The van der Waals surface area contributed by atoms with Crippen molar-refractivity contribution < 1.29 is 0 Å². The van der Waals surface area contributed by atoms with Crippen LogP contribution in [0.4, 0.5) is 0 Å². The van der Waals surface area contributed by atoms with E-state index >= 15 is 0 Å². The van der Waals surface area contributed by atoms with E-state index in [2.05, 4.69) is 34.1 Å². The van der Waals surface area contributed by atoms with Crippen molar-refractivity contribution in [3.63, 3.8) is 0 Å². The molecule has 2 rings (SSSR count). The molecular formula is C10H14ClN5. The predicted octanol–water partition coefficient (Wildman–Crippen LogP) is 2.54. The van der Waals surface area contributed by atoms with Gasteiger partial charge in [-0.15, -0.1) is 5.10 Å². The van der Waals surface area contributed by atoms with E-state index in [4.69, 9.17) is 11.6 Å². The highest BCUT2D eigenvalue weighted by molar-refractivity contribution is 6.33. The van der Waals surface area contributed by atoms with Gasteiger partial charge in [-0.25, -0.2) is 14.6 Å². The van der Waals surface area contributed by atoms with Crippen molar-refractivity contribution in [2.75, 3.05) is 0 Å². The monoisotopic (exact) mass is 239 g/mol. The molecule has 16 heavy (non-hydrogen) atoms. The lowest BCUT2D eigenvalue weighted by Crippen LogP contribution is -2.09. The fraction of sp³-hybridized carbons (Fsp3) is 0.600. The zero-order valence-electron chi connectivity index (χ0n) is 9.61. The lowest BCUT2D eigenvalue weighted by Gasteiger charge is -2.12. The van der Waals surface area contributed by atoms with Gasteiger partial charge in [0.05, 0.1) is 6.04 Å². The molecule has 0 aromatic carbocycles. The van der Waals surface area contributed by atoms with Crippen LogP contribution in [0, 0.1) is 6.92 Å². The molecule has 0 spiro atoms. The molecule has 2 aromatic rings. The molecule has 0 radical (unpaired) electrons. The first-order valence-corrected chi connectivity index (χ1v) is 5.80. The minimum Gasteiger partial charge on any atom is -0.224 e. The molecule has 0 aliphatic heterocycles. The van der Waals surface area contributed by atoms with Gasteiger partial charge in [-0.1, -0.05) is 30.7 Å². The first-order valence-electron chi connectivity index (χ1n) is 5.42. The van der Waals surface area contributed by atoms with Gasteiger partial charge in [0.1, 0.15) is 5.82 Å². The van der Waals surface area contributed by atoms with Crippen molar-refractivity contribution >= 4 is 22.8 Å². The summed E-state index contributed by atoms with van der Waals surface area (Å²) in [4.78, 5) is 8.42. The highest BCUT2D eigenvalue weighted by atomic mass is 35.5. The Morgan fingerprint density at radius 3 is 2.56 bits per heavy atom. The highest BCUT2D eigenvalue weighted by Gasteiger charge is 2.16. The summed E-state index contributed by atoms with van der Waals surface area (Å²) < 4.78 is 1.84. The van der Waals surface area contributed by atoms with Crippen LogP contribution < -0.4 is 0 Å². The highest BCUT2D eigenvalue weighted by Crippen LogP contribution is 2.22. The van der Waals surface area contributed by atoms with E-state index in [9.17, 15) is 0 Å². The quantitative estimate of drug-likeness (QED) is 0.773. The van der Waals surface area contributed by atoms with Crippen LogP contribution in [-0.4, -0.2) is 25.0 Å². The second-order valence-corrected chi connectivity index (χ2v) is 4.10. The van der Waals surface area contributed by atoms with Gasteiger partial charge in [-0.3, -0.25) is 0 Å². The van der Waals surface area contributed by atoms with Crippen LogP contribution in [0.25, 0.3) is 11.2 Å². The average Bonchev–Trinajstić information content (AvgIpc) is 2.64. The van der Waals surface area contributed by atoms with Crippen molar-refractivity contribution in [3.05, 3.63) is 11.0 Å². The molecule has 0 amide bonds. The predicted molar refractivity (Wildman–Crippen MR) is 62.5 cm³/mol. The Morgan fingerprint density at radius 2 is 1.94 bits per heavy atom. The standard InChI is InChI=1S/C10H14ClN5/c1-4-7(5-2)16-10-8(14-15-16)9(11)12-6(3)13-10/h7H,4-5H2,1-3H3. The Morgan fingerprint density at radius 1 is 1.25 bits per heavy atom. The van der Waals surface area contributed by atoms with Crippen molar-refractivity contribution in [3.8, 4) is 0 Å². The molecule has 5 nitrogen and oxygen atoms in total. The van der Waals surface area contributed by atoms with Crippen LogP contribution in [0.2, 0.25) is 5.15 Å². The van der Waals surface area contributed by atoms with Crippen molar-refractivity contribution in [1.82, 2.24) is 25.0 Å². The summed E-state index contributed by atoms with van der Waals surface area (Å²) in [6, 6.07) is 0.315. The number of rotatable bonds is 3. The molecule has 0 N–H and O–H groups in total. The normalized spacial score (nSPS) is 11.6. The lowest BCUT2D eigenvalue weighted by molar-refractivity contribution is 0.427. The SMILES string of the molecule is CCC(CC)n1nnc2c(Cl)nc(C)nc21. The minimum absolute atomic E-state index is 0.315. The Kier molecular flexibility index (Phi) is 3.05. The number of aromatic nitrogens is 5. The largest absolute Gasteiger partial charge is 0.224 e. The van der Waals surface area contributed by atoms with Gasteiger partial charge in [-0.2, -0.15) is 0 Å². The molecule has 0 aliphatic carbocycles. The van der Waals surface area contributed by atoms with Crippen LogP contribution in [-0.2, 0) is 0 Å². The van der Waals surface area contributed by atoms with E-state index in [0.717, 1.165) is 18.5 Å². The van der Waals surface area contributed by atoms with Gasteiger partial charge in [0, 0.05) is 0 Å². The maximum atomic E-state index is 6.00. The fourth-order valence-electron chi connectivity index (χ4n) is 1.78. The van der Waals surface area contributed by atoms with Crippen molar-refractivity contribution in [2.45, 2.75) is 39.7 Å². The molecular weight excluding hydrogens is 226 g/mol. The topological polar surface area (TPSA) is 56.5 Å².